The first-order valence-corrected chi connectivity index (χ1v) is 6.41. The molecule has 0 aliphatic carbocycles. The number of hydrogen-bond donors (Lipinski definition) is 1. The molecule has 1 N–H and O–H groups in total. The summed E-state index contributed by atoms with van der Waals surface area (Å²) in [6.07, 6.45) is 0. The molecule has 0 saturated heterocycles. The van der Waals surface area contributed by atoms with Gasteiger partial charge in [-0.1, -0.05) is 6.07 Å². The molecule has 0 aliphatic heterocycles. The van der Waals surface area contributed by atoms with Crippen LogP contribution in [0.25, 0.3) is 0 Å². The van der Waals surface area contributed by atoms with Crippen LogP contribution in [0.2, 0.25) is 0 Å². The highest BCUT2D eigenvalue weighted by Gasteiger charge is 2.09. The van der Waals surface area contributed by atoms with Crippen LogP contribution in [0.5, 0.6) is 11.6 Å². The summed E-state index contributed by atoms with van der Waals surface area (Å²) in [6, 6.07) is 8.32. The number of carbonyl (C=O) groups is 1. The number of pyridine rings is 1. The van der Waals surface area contributed by atoms with Crippen molar-refractivity contribution in [2.24, 2.45) is 0 Å². The molecule has 98 valence electrons. The Morgan fingerprint density at radius 1 is 1.26 bits per heavy atom. The van der Waals surface area contributed by atoms with Gasteiger partial charge in [-0.25, -0.2) is 9.78 Å². The average Bonchev–Trinajstić information content (AvgIpc) is 2.36. The maximum absolute atomic E-state index is 10.9. The summed E-state index contributed by atoms with van der Waals surface area (Å²) in [7, 11) is 0. The molecule has 2 rings (SSSR count). The standard InChI is InChI=1S/C14H12BrNO3/c1-8-3-4-10(14(17)18)7-12(8)19-13-6-5-11(15)9(2)16-13/h3-7H,1-2H3,(H,17,18). The first-order valence-electron chi connectivity index (χ1n) is 5.62. The van der Waals surface area contributed by atoms with Crippen LogP contribution in [0.15, 0.2) is 34.8 Å². The molecule has 0 bridgehead atoms. The van der Waals surface area contributed by atoms with Crippen molar-refractivity contribution in [3.05, 3.63) is 51.6 Å². The largest absolute Gasteiger partial charge is 0.478 e. The van der Waals surface area contributed by atoms with Crippen LogP contribution in [0.1, 0.15) is 21.6 Å². The number of carboxylic acid groups (broad SMARTS) is 1. The van der Waals surface area contributed by atoms with Crippen molar-refractivity contribution in [1.82, 2.24) is 4.98 Å². The lowest BCUT2D eigenvalue weighted by Crippen LogP contribution is -1.98. The number of carboxylic acids is 1. The van der Waals surface area contributed by atoms with E-state index in [4.69, 9.17) is 9.84 Å². The van der Waals surface area contributed by atoms with Gasteiger partial charge in [-0.05, 0) is 53.5 Å². The Morgan fingerprint density at radius 2 is 2.00 bits per heavy atom. The van der Waals surface area contributed by atoms with Gasteiger partial charge in [0.25, 0.3) is 0 Å². The number of aryl methyl sites for hydroxylation is 2. The molecule has 0 radical (unpaired) electrons. The third kappa shape index (κ3) is 3.12. The lowest BCUT2D eigenvalue weighted by Gasteiger charge is -2.09. The zero-order chi connectivity index (χ0) is 14.0. The van der Waals surface area contributed by atoms with Gasteiger partial charge in [-0.2, -0.15) is 0 Å². The van der Waals surface area contributed by atoms with Crippen molar-refractivity contribution in [2.75, 3.05) is 0 Å². The van der Waals surface area contributed by atoms with Gasteiger partial charge in [0.15, 0.2) is 0 Å². The number of aromatic carboxylic acids is 1. The molecule has 0 unspecified atom stereocenters. The van der Waals surface area contributed by atoms with Gasteiger partial charge in [0.2, 0.25) is 5.88 Å². The van der Waals surface area contributed by atoms with Crippen molar-refractivity contribution < 1.29 is 14.6 Å². The third-order valence-electron chi connectivity index (χ3n) is 2.65. The van der Waals surface area contributed by atoms with E-state index in [0.717, 1.165) is 15.7 Å². The lowest BCUT2D eigenvalue weighted by molar-refractivity contribution is 0.0696. The molecule has 1 heterocycles. The Balaban J connectivity index is 2.34. The first kappa shape index (κ1) is 13.5. The molecule has 0 saturated carbocycles. The van der Waals surface area contributed by atoms with E-state index < -0.39 is 5.97 Å². The second kappa shape index (κ2) is 5.40. The van der Waals surface area contributed by atoms with Gasteiger partial charge in [0, 0.05) is 10.5 Å². The summed E-state index contributed by atoms with van der Waals surface area (Å²) >= 11 is 3.36. The normalized spacial score (nSPS) is 10.3. The van der Waals surface area contributed by atoms with Gasteiger partial charge < -0.3 is 9.84 Å². The van der Waals surface area contributed by atoms with E-state index in [0.29, 0.717) is 11.6 Å². The molecule has 5 heteroatoms. The second-order valence-electron chi connectivity index (χ2n) is 4.10. The average molecular weight is 322 g/mol. The maximum atomic E-state index is 10.9. The number of aromatic nitrogens is 1. The van der Waals surface area contributed by atoms with Crippen molar-refractivity contribution in [1.29, 1.82) is 0 Å². The fraction of sp³-hybridized carbons (Fsp3) is 0.143. The lowest BCUT2D eigenvalue weighted by atomic mass is 10.1. The summed E-state index contributed by atoms with van der Waals surface area (Å²) in [6.45, 7) is 3.71. The molecule has 0 atom stereocenters. The van der Waals surface area contributed by atoms with Gasteiger partial charge >= 0.3 is 5.97 Å². The van der Waals surface area contributed by atoms with Crippen LogP contribution >= 0.6 is 15.9 Å². The van der Waals surface area contributed by atoms with E-state index in [1.165, 1.54) is 6.07 Å². The zero-order valence-corrected chi connectivity index (χ0v) is 12.1. The van der Waals surface area contributed by atoms with Crippen molar-refractivity contribution in [2.45, 2.75) is 13.8 Å². The highest BCUT2D eigenvalue weighted by Crippen LogP contribution is 2.26. The van der Waals surface area contributed by atoms with Gasteiger partial charge in [-0.3, -0.25) is 0 Å². The molecule has 0 fully saturated rings. The molecule has 4 nitrogen and oxygen atoms in total. The fourth-order valence-electron chi connectivity index (χ4n) is 1.53. The minimum Gasteiger partial charge on any atom is -0.478 e. The van der Waals surface area contributed by atoms with E-state index in [-0.39, 0.29) is 5.56 Å². The summed E-state index contributed by atoms with van der Waals surface area (Å²) in [4.78, 5) is 15.2. The van der Waals surface area contributed by atoms with E-state index >= 15 is 0 Å². The number of nitrogens with zero attached hydrogens (tertiary/aromatic N) is 1. The zero-order valence-electron chi connectivity index (χ0n) is 10.5. The Labute approximate surface area is 119 Å². The molecule has 1 aromatic heterocycles. The Kier molecular flexibility index (Phi) is 3.85. The Morgan fingerprint density at radius 3 is 2.63 bits per heavy atom. The maximum Gasteiger partial charge on any atom is 0.335 e. The number of benzene rings is 1. The predicted octanol–water partition coefficient (Wildman–Crippen LogP) is 3.95. The van der Waals surface area contributed by atoms with Gasteiger partial charge in [0.05, 0.1) is 11.3 Å². The first-order chi connectivity index (χ1) is 8.97. The van der Waals surface area contributed by atoms with Crippen LogP contribution in [-0.4, -0.2) is 16.1 Å². The van der Waals surface area contributed by atoms with Crippen LogP contribution < -0.4 is 4.74 Å². The predicted molar refractivity (Wildman–Crippen MR) is 74.9 cm³/mol. The molecule has 19 heavy (non-hydrogen) atoms. The van der Waals surface area contributed by atoms with Crippen molar-refractivity contribution in [3.8, 4) is 11.6 Å². The molecule has 0 aliphatic rings. The topological polar surface area (TPSA) is 59.4 Å². The van der Waals surface area contributed by atoms with Crippen LogP contribution in [0.3, 0.4) is 0 Å². The van der Waals surface area contributed by atoms with E-state index in [9.17, 15) is 4.79 Å². The van der Waals surface area contributed by atoms with Gasteiger partial charge in [-0.15, -0.1) is 0 Å². The second-order valence-corrected chi connectivity index (χ2v) is 4.96. The SMILES string of the molecule is Cc1ccc(C(=O)O)cc1Oc1ccc(Br)c(C)n1. The monoisotopic (exact) mass is 321 g/mol. The minimum atomic E-state index is -0.982. The summed E-state index contributed by atoms with van der Waals surface area (Å²) < 4.78 is 6.54. The third-order valence-corrected chi connectivity index (χ3v) is 3.48. The van der Waals surface area contributed by atoms with E-state index in [1.54, 1.807) is 18.2 Å². The summed E-state index contributed by atoms with van der Waals surface area (Å²) in [5, 5.41) is 8.97. The van der Waals surface area contributed by atoms with Crippen molar-refractivity contribution >= 4 is 21.9 Å². The highest BCUT2D eigenvalue weighted by atomic mass is 79.9. The minimum absolute atomic E-state index is 0.189. The van der Waals surface area contributed by atoms with E-state index in [1.807, 2.05) is 19.9 Å². The van der Waals surface area contributed by atoms with Gasteiger partial charge in [0.1, 0.15) is 5.75 Å². The molecular weight excluding hydrogens is 310 g/mol. The van der Waals surface area contributed by atoms with E-state index in [2.05, 4.69) is 20.9 Å². The Hall–Kier alpha value is -1.88. The summed E-state index contributed by atoms with van der Waals surface area (Å²) in [5.74, 6) is -0.0507. The quantitative estimate of drug-likeness (QED) is 0.929. The van der Waals surface area contributed by atoms with Crippen molar-refractivity contribution in [3.63, 3.8) is 0 Å². The summed E-state index contributed by atoms with van der Waals surface area (Å²) in [5.41, 5.74) is 1.85. The molecule has 2 aromatic rings. The number of halogens is 1. The number of hydrogen-bond acceptors (Lipinski definition) is 3. The van der Waals surface area contributed by atoms with Crippen LogP contribution in [0, 0.1) is 13.8 Å². The fourth-order valence-corrected chi connectivity index (χ4v) is 1.75. The number of ether oxygens (including phenoxy) is 1. The molecule has 1 aromatic carbocycles. The highest BCUT2D eigenvalue weighted by molar-refractivity contribution is 9.10. The van der Waals surface area contributed by atoms with Crippen LogP contribution in [0.4, 0.5) is 0 Å². The molecular formula is C14H12BrNO3. The molecule has 0 spiro atoms. The number of rotatable bonds is 3. The molecule has 0 amide bonds. The van der Waals surface area contributed by atoms with Crippen LogP contribution in [-0.2, 0) is 0 Å². The smallest absolute Gasteiger partial charge is 0.335 e. The Bertz CT molecular complexity index is 641.